The van der Waals surface area contributed by atoms with E-state index in [2.05, 4.69) is 27.7 Å². The fourth-order valence-electron chi connectivity index (χ4n) is 10.6. The quantitative estimate of drug-likeness (QED) is 0.0361. The van der Waals surface area contributed by atoms with Crippen LogP contribution < -0.4 is 0 Å². The van der Waals surface area contributed by atoms with E-state index in [9.17, 15) is 0 Å². The summed E-state index contributed by atoms with van der Waals surface area (Å²) in [6.45, 7) is 10.6. The van der Waals surface area contributed by atoms with Crippen molar-refractivity contribution < 1.29 is 46.3 Å². The predicted molar refractivity (Wildman–Crippen MR) is 347 cm³/mol. The molecular formula is C72H152HfO4. The molecule has 0 saturated carbocycles. The monoisotopic (exact) mass is 1260 g/mol. The zero-order valence-electron chi connectivity index (χ0n) is 54.4. The molecule has 0 aromatic carbocycles. The van der Waals surface area contributed by atoms with Crippen LogP contribution >= 0.6 is 0 Å². The van der Waals surface area contributed by atoms with Gasteiger partial charge in [0.1, 0.15) is 0 Å². The minimum Gasteiger partial charge on any atom is -0.396 e. The zero-order chi connectivity index (χ0) is 56.1. The number of hydrogen-bond acceptors (Lipinski definition) is 4. The molecule has 77 heavy (non-hydrogen) atoms. The van der Waals surface area contributed by atoms with Gasteiger partial charge in [-0.05, 0) is 25.7 Å². The molecule has 0 spiro atoms. The Labute approximate surface area is 508 Å². The summed E-state index contributed by atoms with van der Waals surface area (Å²) >= 11 is 0. The molecular weight excluding hydrogens is 1110 g/mol. The number of unbranched alkanes of at least 4 members (excludes halogenated alkanes) is 60. The fourth-order valence-corrected chi connectivity index (χ4v) is 10.6. The van der Waals surface area contributed by atoms with Crippen molar-refractivity contribution >= 4 is 0 Å². The molecule has 0 atom stereocenters. The first-order chi connectivity index (χ1) is 37.7. The van der Waals surface area contributed by atoms with Crippen molar-refractivity contribution in [1.29, 1.82) is 0 Å². The Balaban J connectivity index is -0.000000298. The van der Waals surface area contributed by atoms with Crippen LogP contribution in [0.15, 0.2) is 0 Å². The number of rotatable bonds is 64. The third kappa shape index (κ3) is 102. The molecule has 0 saturated heterocycles. The third-order valence-corrected chi connectivity index (χ3v) is 16.0. The number of aliphatic hydroxyl groups excluding tert-OH is 4. The van der Waals surface area contributed by atoms with Gasteiger partial charge in [0.05, 0.1) is 0 Å². The van der Waals surface area contributed by atoms with Crippen molar-refractivity contribution in [1.82, 2.24) is 0 Å². The molecule has 0 fully saturated rings. The number of hydrogen-bond donors (Lipinski definition) is 4. The SMILES string of the molecule is CCCCCCCCCCCCCCCCCCO.CCCCCCCCCCCCCCCCCCO.CCCCCCCCCCCCCCCCCCO.CCCCCCCCCCCCCCCCCCO.[Hf]. The average molecular weight is 1260 g/mol. The van der Waals surface area contributed by atoms with Gasteiger partial charge in [0.15, 0.2) is 0 Å². The summed E-state index contributed by atoms with van der Waals surface area (Å²) in [5.74, 6) is 0. The molecule has 5 heteroatoms. The van der Waals surface area contributed by atoms with Gasteiger partial charge in [0, 0.05) is 52.3 Å². The van der Waals surface area contributed by atoms with Crippen molar-refractivity contribution in [3.63, 3.8) is 0 Å². The predicted octanol–water partition coefficient (Wildman–Crippen LogP) is 25.0. The van der Waals surface area contributed by atoms with E-state index in [0.29, 0.717) is 26.4 Å². The molecule has 0 heterocycles. The molecule has 0 radical (unpaired) electrons. The number of aliphatic hydroxyl groups is 4. The normalized spacial score (nSPS) is 10.9. The van der Waals surface area contributed by atoms with Gasteiger partial charge in [-0.2, -0.15) is 0 Å². The van der Waals surface area contributed by atoms with Gasteiger partial charge in [-0.1, -0.05) is 413 Å². The minimum atomic E-state index is 0. The van der Waals surface area contributed by atoms with Crippen LogP contribution in [0.4, 0.5) is 0 Å². The Kier molecular flexibility index (Phi) is 105. The standard InChI is InChI=1S/4C18H38O.Hf/c4*1-2-3-4-5-6-7-8-9-10-11-12-13-14-15-16-17-18-19;/h4*19H,2-18H2,1H3;. The van der Waals surface area contributed by atoms with Gasteiger partial charge in [-0.25, -0.2) is 0 Å². The second kappa shape index (κ2) is 93.1. The van der Waals surface area contributed by atoms with Crippen LogP contribution in [0.25, 0.3) is 0 Å². The van der Waals surface area contributed by atoms with Crippen molar-refractivity contribution in [2.75, 3.05) is 26.4 Å². The van der Waals surface area contributed by atoms with Crippen molar-refractivity contribution in [2.45, 2.75) is 439 Å². The first kappa shape index (κ1) is 86.5. The second-order valence-corrected chi connectivity index (χ2v) is 24.1. The van der Waals surface area contributed by atoms with Gasteiger partial charge in [-0.3, -0.25) is 0 Å². The summed E-state index contributed by atoms with van der Waals surface area (Å²) in [4.78, 5) is 0. The van der Waals surface area contributed by atoms with E-state index in [4.69, 9.17) is 20.4 Å². The van der Waals surface area contributed by atoms with Crippen molar-refractivity contribution in [2.24, 2.45) is 0 Å². The van der Waals surface area contributed by atoms with E-state index in [1.165, 1.54) is 385 Å². The average Bonchev–Trinajstić information content (AvgIpc) is 3.43. The molecule has 0 unspecified atom stereocenters. The molecule has 0 aliphatic heterocycles. The van der Waals surface area contributed by atoms with Crippen LogP contribution in [-0.2, 0) is 25.8 Å². The largest absolute Gasteiger partial charge is 0.396 e. The molecule has 0 aromatic rings. The topological polar surface area (TPSA) is 80.9 Å². The first-order valence-corrected chi connectivity index (χ1v) is 36.1. The van der Waals surface area contributed by atoms with Crippen LogP contribution in [0.2, 0.25) is 0 Å². The molecule has 0 bridgehead atoms. The Hall–Kier alpha value is 0.710. The molecule has 468 valence electrons. The van der Waals surface area contributed by atoms with Crippen LogP contribution in [0.3, 0.4) is 0 Å². The molecule has 0 rings (SSSR count). The third-order valence-electron chi connectivity index (χ3n) is 16.0. The van der Waals surface area contributed by atoms with Crippen LogP contribution in [-0.4, -0.2) is 46.9 Å². The van der Waals surface area contributed by atoms with E-state index < -0.39 is 0 Å². The smallest absolute Gasteiger partial charge is 0.0431 e. The van der Waals surface area contributed by atoms with Gasteiger partial charge >= 0.3 is 0 Å². The van der Waals surface area contributed by atoms with Gasteiger partial charge in [0.2, 0.25) is 0 Å². The maximum Gasteiger partial charge on any atom is 0.0431 e. The second-order valence-electron chi connectivity index (χ2n) is 24.1. The summed E-state index contributed by atoms with van der Waals surface area (Å²) in [5, 5.41) is 34.7. The van der Waals surface area contributed by atoms with Crippen LogP contribution in [0, 0.1) is 0 Å². The molecule has 0 aliphatic carbocycles. The summed E-state index contributed by atoms with van der Waals surface area (Å²) in [7, 11) is 0. The maximum absolute atomic E-state index is 8.67. The van der Waals surface area contributed by atoms with Gasteiger partial charge in [-0.15, -0.1) is 0 Å². The molecule has 0 amide bonds. The Morgan fingerprint density at radius 1 is 0.117 bits per heavy atom. The van der Waals surface area contributed by atoms with E-state index >= 15 is 0 Å². The Bertz CT molecular complexity index is 658. The molecule has 0 aromatic heterocycles. The van der Waals surface area contributed by atoms with Crippen molar-refractivity contribution in [3.05, 3.63) is 0 Å². The summed E-state index contributed by atoms with van der Waals surface area (Å²) in [5.41, 5.74) is 0. The Morgan fingerprint density at radius 3 is 0.247 bits per heavy atom. The molecule has 4 nitrogen and oxygen atoms in total. The van der Waals surface area contributed by atoms with E-state index in [1.807, 2.05) is 0 Å². The van der Waals surface area contributed by atoms with Crippen molar-refractivity contribution in [3.8, 4) is 0 Å². The molecule has 0 aliphatic rings. The van der Waals surface area contributed by atoms with E-state index in [1.54, 1.807) is 0 Å². The van der Waals surface area contributed by atoms with Crippen LogP contribution in [0.5, 0.6) is 0 Å². The summed E-state index contributed by atoms with van der Waals surface area (Å²) in [6.07, 6.45) is 88.7. The Morgan fingerprint density at radius 2 is 0.182 bits per heavy atom. The minimum absolute atomic E-state index is 0. The van der Waals surface area contributed by atoms with Gasteiger partial charge < -0.3 is 20.4 Å². The first-order valence-electron chi connectivity index (χ1n) is 36.1. The van der Waals surface area contributed by atoms with Gasteiger partial charge in [0.25, 0.3) is 0 Å². The van der Waals surface area contributed by atoms with E-state index in [-0.39, 0.29) is 25.8 Å². The fraction of sp³-hybridized carbons (Fsp3) is 1.00. The zero-order valence-corrected chi connectivity index (χ0v) is 58.0. The van der Waals surface area contributed by atoms with E-state index in [0.717, 1.165) is 25.7 Å². The van der Waals surface area contributed by atoms with Crippen LogP contribution in [0.1, 0.15) is 439 Å². The molecule has 4 N–H and O–H groups in total. The maximum atomic E-state index is 8.67. The summed E-state index contributed by atoms with van der Waals surface area (Å²) in [6, 6.07) is 0. The summed E-state index contributed by atoms with van der Waals surface area (Å²) < 4.78 is 0.